The number of methoxy groups -OCH3 is 1. The minimum absolute atomic E-state index is 0.0305. The van der Waals surface area contributed by atoms with Gasteiger partial charge in [0.2, 0.25) is 11.7 Å². The molecule has 1 amide bonds. The Bertz CT molecular complexity index is 913. The highest BCUT2D eigenvalue weighted by molar-refractivity contribution is 5.88. The molecule has 7 heteroatoms. The predicted octanol–water partition coefficient (Wildman–Crippen LogP) is 2.38. The van der Waals surface area contributed by atoms with Crippen LogP contribution >= 0.6 is 0 Å². The molecule has 0 radical (unpaired) electrons. The third kappa shape index (κ3) is 3.77. The van der Waals surface area contributed by atoms with Crippen molar-refractivity contribution in [2.45, 2.75) is 6.42 Å². The minimum Gasteiger partial charge on any atom is -0.481 e. The van der Waals surface area contributed by atoms with Gasteiger partial charge in [0.1, 0.15) is 5.82 Å². The fraction of sp³-hybridized carbons (Fsp3) is 0.111. The molecule has 0 saturated carbocycles. The summed E-state index contributed by atoms with van der Waals surface area (Å²) in [5.41, 5.74) is 8.15. The molecule has 0 aliphatic carbocycles. The lowest BCUT2D eigenvalue weighted by atomic mass is 10.0. The first kappa shape index (κ1) is 16.5. The summed E-state index contributed by atoms with van der Waals surface area (Å²) in [6, 6.07) is 8.10. The van der Waals surface area contributed by atoms with Gasteiger partial charge >= 0.3 is 0 Å². The average molecular weight is 338 g/mol. The van der Waals surface area contributed by atoms with Crippen LogP contribution in [0.2, 0.25) is 0 Å². The van der Waals surface area contributed by atoms with Gasteiger partial charge in [-0.05, 0) is 34.9 Å². The molecule has 25 heavy (non-hydrogen) atoms. The Morgan fingerprint density at radius 2 is 1.84 bits per heavy atom. The zero-order chi connectivity index (χ0) is 17.8. The molecule has 2 N–H and O–H groups in total. The van der Waals surface area contributed by atoms with E-state index in [2.05, 4.69) is 15.0 Å². The number of pyridine rings is 1. The summed E-state index contributed by atoms with van der Waals surface area (Å²) < 4.78 is 18.8. The van der Waals surface area contributed by atoms with Crippen LogP contribution < -0.4 is 10.5 Å². The molecule has 3 aromatic rings. The Morgan fingerprint density at radius 1 is 1.12 bits per heavy atom. The van der Waals surface area contributed by atoms with E-state index in [0.717, 1.165) is 11.1 Å². The highest BCUT2D eigenvalue weighted by Crippen LogP contribution is 2.29. The zero-order valence-corrected chi connectivity index (χ0v) is 13.4. The lowest BCUT2D eigenvalue weighted by molar-refractivity contribution is 0.0990. The molecular weight excluding hydrogens is 323 g/mol. The smallest absolute Gasteiger partial charge is 0.286 e. The standard InChI is InChI=1S/C18H15FN4O2/c1-25-18-15(13-3-2-4-14(19)7-13)6-11(8-23-18)5-12-9-21-17(16(20)24)22-10-12/h2-4,6-10H,5H2,1H3,(H2,20,24). The van der Waals surface area contributed by atoms with E-state index in [-0.39, 0.29) is 11.6 Å². The van der Waals surface area contributed by atoms with E-state index in [9.17, 15) is 9.18 Å². The van der Waals surface area contributed by atoms with Gasteiger partial charge in [0.25, 0.3) is 5.91 Å². The maximum absolute atomic E-state index is 13.5. The number of nitrogens with zero attached hydrogens (tertiary/aromatic N) is 3. The van der Waals surface area contributed by atoms with E-state index in [1.54, 1.807) is 30.7 Å². The van der Waals surface area contributed by atoms with E-state index in [4.69, 9.17) is 10.5 Å². The molecule has 0 bridgehead atoms. The molecule has 0 spiro atoms. The van der Waals surface area contributed by atoms with Crippen molar-refractivity contribution < 1.29 is 13.9 Å². The van der Waals surface area contributed by atoms with Crippen molar-refractivity contribution in [1.29, 1.82) is 0 Å². The molecule has 126 valence electrons. The number of ether oxygens (including phenoxy) is 1. The lowest BCUT2D eigenvalue weighted by Gasteiger charge is -2.10. The van der Waals surface area contributed by atoms with Crippen LogP contribution in [0, 0.1) is 5.82 Å². The Balaban J connectivity index is 1.92. The van der Waals surface area contributed by atoms with Gasteiger partial charge in [-0.2, -0.15) is 0 Å². The monoisotopic (exact) mass is 338 g/mol. The molecule has 1 aromatic carbocycles. The van der Waals surface area contributed by atoms with Gasteiger partial charge in [-0.3, -0.25) is 4.79 Å². The number of halogens is 1. The quantitative estimate of drug-likeness (QED) is 0.771. The van der Waals surface area contributed by atoms with Crippen molar-refractivity contribution in [2.75, 3.05) is 7.11 Å². The summed E-state index contributed by atoms with van der Waals surface area (Å²) in [5, 5.41) is 0. The Labute approximate surface area is 143 Å². The number of aromatic nitrogens is 3. The highest BCUT2D eigenvalue weighted by Gasteiger charge is 2.11. The second kappa shape index (κ2) is 7.04. The fourth-order valence-electron chi connectivity index (χ4n) is 2.43. The van der Waals surface area contributed by atoms with E-state index in [1.165, 1.54) is 19.2 Å². The van der Waals surface area contributed by atoms with Crippen molar-refractivity contribution >= 4 is 5.91 Å². The molecular formula is C18H15FN4O2. The molecule has 0 fully saturated rings. The zero-order valence-electron chi connectivity index (χ0n) is 13.4. The summed E-state index contributed by atoms with van der Waals surface area (Å²) >= 11 is 0. The molecule has 0 aliphatic heterocycles. The Hall–Kier alpha value is -3.35. The second-order valence-electron chi connectivity index (χ2n) is 5.37. The summed E-state index contributed by atoms with van der Waals surface area (Å²) in [5.74, 6) is -0.627. The van der Waals surface area contributed by atoms with Crippen LogP contribution in [0.15, 0.2) is 48.9 Å². The van der Waals surface area contributed by atoms with Crippen LogP contribution in [-0.4, -0.2) is 28.0 Å². The van der Waals surface area contributed by atoms with E-state index >= 15 is 0 Å². The molecule has 0 aliphatic rings. The van der Waals surface area contributed by atoms with Crippen LogP contribution in [0.1, 0.15) is 21.7 Å². The molecule has 2 heterocycles. The Morgan fingerprint density at radius 3 is 2.48 bits per heavy atom. The van der Waals surface area contributed by atoms with Gasteiger partial charge in [-0.25, -0.2) is 19.3 Å². The normalized spacial score (nSPS) is 10.5. The number of carbonyl (C=O) groups is 1. The number of benzene rings is 1. The largest absolute Gasteiger partial charge is 0.481 e. The average Bonchev–Trinajstić information content (AvgIpc) is 2.62. The van der Waals surface area contributed by atoms with Crippen LogP contribution in [0.3, 0.4) is 0 Å². The van der Waals surface area contributed by atoms with Gasteiger partial charge in [-0.1, -0.05) is 12.1 Å². The fourth-order valence-corrected chi connectivity index (χ4v) is 2.43. The topological polar surface area (TPSA) is 91.0 Å². The van der Waals surface area contributed by atoms with Crippen LogP contribution in [0.25, 0.3) is 11.1 Å². The number of nitrogens with two attached hydrogens (primary N) is 1. The van der Waals surface area contributed by atoms with Gasteiger partial charge in [-0.15, -0.1) is 0 Å². The maximum Gasteiger partial charge on any atom is 0.286 e. The van der Waals surface area contributed by atoms with E-state index < -0.39 is 5.91 Å². The third-order valence-corrected chi connectivity index (χ3v) is 3.57. The first-order chi connectivity index (χ1) is 12.1. The van der Waals surface area contributed by atoms with Gasteiger partial charge < -0.3 is 10.5 Å². The first-order valence-electron chi connectivity index (χ1n) is 7.46. The summed E-state index contributed by atoms with van der Waals surface area (Å²) in [4.78, 5) is 23.1. The number of rotatable bonds is 5. The van der Waals surface area contributed by atoms with E-state index in [0.29, 0.717) is 23.4 Å². The number of primary amides is 1. The number of hydrogen-bond acceptors (Lipinski definition) is 5. The number of hydrogen-bond donors (Lipinski definition) is 1. The first-order valence-corrected chi connectivity index (χ1v) is 7.46. The van der Waals surface area contributed by atoms with Crippen LogP contribution in [0.4, 0.5) is 4.39 Å². The summed E-state index contributed by atoms with van der Waals surface area (Å²) in [6.45, 7) is 0. The van der Waals surface area contributed by atoms with Crippen molar-refractivity contribution in [3.8, 4) is 17.0 Å². The third-order valence-electron chi connectivity index (χ3n) is 3.57. The lowest BCUT2D eigenvalue weighted by Crippen LogP contribution is -2.15. The van der Waals surface area contributed by atoms with Crippen LogP contribution in [0.5, 0.6) is 5.88 Å². The predicted molar refractivity (Wildman–Crippen MR) is 89.5 cm³/mol. The summed E-state index contributed by atoms with van der Waals surface area (Å²) in [6.07, 6.45) is 5.25. The van der Waals surface area contributed by atoms with Crippen molar-refractivity contribution in [3.63, 3.8) is 0 Å². The van der Waals surface area contributed by atoms with E-state index in [1.807, 2.05) is 6.07 Å². The summed E-state index contributed by atoms with van der Waals surface area (Å²) in [7, 11) is 1.52. The molecule has 0 saturated heterocycles. The van der Waals surface area contributed by atoms with Crippen LogP contribution in [-0.2, 0) is 6.42 Å². The van der Waals surface area contributed by atoms with Crippen molar-refractivity contribution in [2.24, 2.45) is 5.73 Å². The number of carbonyl (C=O) groups excluding carboxylic acids is 1. The SMILES string of the molecule is COc1ncc(Cc2cnc(C(N)=O)nc2)cc1-c1cccc(F)c1. The second-order valence-corrected chi connectivity index (χ2v) is 5.37. The highest BCUT2D eigenvalue weighted by atomic mass is 19.1. The van der Waals surface area contributed by atoms with Crippen molar-refractivity contribution in [1.82, 2.24) is 15.0 Å². The molecule has 3 rings (SSSR count). The van der Waals surface area contributed by atoms with Gasteiger partial charge in [0.05, 0.1) is 7.11 Å². The number of amides is 1. The van der Waals surface area contributed by atoms with Crippen molar-refractivity contribution in [3.05, 3.63) is 71.7 Å². The molecule has 0 atom stereocenters. The van der Waals surface area contributed by atoms with Gasteiger partial charge in [0, 0.05) is 30.6 Å². The van der Waals surface area contributed by atoms with Gasteiger partial charge in [0.15, 0.2) is 0 Å². The molecule has 2 aromatic heterocycles. The molecule has 6 nitrogen and oxygen atoms in total. The maximum atomic E-state index is 13.5. The minimum atomic E-state index is -0.675. The molecule has 0 unspecified atom stereocenters. The Kier molecular flexibility index (Phi) is 4.65.